The van der Waals surface area contributed by atoms with Crippen LogP contribution in [0.3, 0.4) is 0 Å². The fourth-order valence-corrected chi connectivity index (χ4v) is 1.57. The van der Waals surface area contributed by atoms with Crippen LogP contribution in [0.15, 0.2) is 12.7 Å². The highest BCUT2D eigenvalue weighted by Crippen LogP contribution is 2.26. The van der Waals surface area contributed by atoms with Gasteiger partial charge >= 0.3 is 6.09 Å². The van der Waals surface area contributed by atoms with E-state index in [1.54, 1.807) is 13.0 Å². The van der Waals surface area contributed by atoms with Gasteiger partial charge < -0.3 is 4.74 Å². The minimum Gasteiger partial charge on any atom is -0.447 e. The molecule has 0 aromatic rings. The number of hydrogen-bond acceptors (Lipinski definition) is 3. The molecule has 1 heterocycles. The van der Waals surface area contributed by atoms with Gasteiger partial charge in [-0.3, -0.25) is 4.79 Å². The van der Waals surface area contributed by atoms with Crippen molar-refractivity contribution in [3.8, 4) is 0 Å². The van der Waals surface area contributed by atoms with E-state index in [9.17, 15) is 9.59 Å². The third-order valence-corrected chi connectivity index (χ3v) is 2.50. The number of carbonyl (C=O) groups is 2. The van der Waals surface area contributed by atoms with Crippen LogP contribution in [0.25, 0.3) is 0 Å². The van der Waals surface area contributed by atoms with E-state index in [-0.39, 0.29) is 18.4 Å². The van der Waals surface area contributed by atoms with Crippen LogP contribution in [0.2, 0.25) is 0 Å². The summed E-state index contributed by atoms with van der Waals surface area (Å²) >= 11 is 0. The summed E-state index contributed by atoms with van der Waals surface area (Å²) in [5.41, 5.74) is -0.538. The van der Waals surface area contributed by atoms with E-state index in [1.165, 1.54) is 4.90 Å². The molecular weight excluding hydrogens is 194 g/mol. The highest BCUT2D eigenvalue weighted by molar-refractivity contribution is 5.95. The molecule has 1 aliphatic rings. The summed E-state index contributed by atoms with van der Waals surface area (Å²) in [6, 6.07) is 0. The zero-order valence-corrected chi connectivity index (χ0v) is 9.45. The Morgan fingerprint density at radius 2 is 2.33 bits per heavy atom. The van der Waals surface area contributed by atoms with Crippen molar-refractivity contribution in [2.45, 2.75) is 32.7 Å². The highest BCUT2D eigenvalue weighted by atomic mass is 16.6. The average Bonchev–Trinajstić information content (AvgIpc) is 2.40. The molecule has 0 saturated carbocycles. The second-order valence-corrected chi connectivity index (χ2v) is 4.47. The van der Waals surface area contributed by atoms with Crippen LogP contribution < -0.4 is 0 Å². The van der Waals surface area contributed by atoms with Gasteiger partial charge in [-0.05, 0) is 20.3 Å². The Hall–Kier alpha value is -1.32. The maximum absolute atomic E-state index is 11.9. The number of rotatable bonds is 3. The summed E-state index contributed by atoms with van der Waals surface area (Å²) in [7, 11) is 0. The molecule has 1 saturated heterocycles. The number of nitrogens with zero attached hydrogens (tertiary/aromatic N) is 1. The van der Waals surface area contributed by atoms with Gasteiger partial charge in [-0.2, -0.15) is 0 Å². The maximum Gasteiger partial charge on any atom is 0.417 e. The number of ether oxygens (including phenoxy) is 1. The number of allylic oxidation sites excluding steroid dienone is 1. The lowest BCUT2D eigenvalue weighted by atomic mass is 10.0. The molecule has 0 aliphatic carbocycles. The summed E-state index contributed by atoms with van der Waals surface area (Å²) in [4.78, 5) is 24.5. The van der Waals surface area contributed by atoms with Crippen LogP contribution in [-0.4, -0.2) is 29.0 Å². The molecule has 0 spiro atoms. The van der Waals surface area contributed by atoms with Crippen molar-refractivity contribution in [1.82, 2.24) is 4.90 Å². The summed E-state index contributed by atoms with van der Waals surface area (Å²) < 4.78 is 4.87. The maximum atomic E-state index is 11.9. The Morgan fingerprint density at radius 3 is 2.73 bits per heavy atom. The molecule has 15 heavy (non-hydrogen) atoms. The average molecular weight is 211 g/mol. The second kappa shape index (κ2) is 4.04. The van der Waals surface area contributed by atoms with E-state index in [0.717, 1.165) is 0 Å². The molecule has 0 N–H and O–H groups in total. The van der Waals surface area contributed by atoms with Crippen LogP contribution >= 0.6 is 0 Å². The summed E-state index contributed by atoms with van der Waals surface area (Å²) in [5, 5.41) is 0. The van der Waals surface area contributed by atoms with E-state index in [2.05, 4.69) is 6.58 Å². The standard InChI is InChI=1S/C11H17NO3/c1-5-6-8(2)9(13)12-10(14)15-7-11(12,3)4/h5,8H,1,6-7H2,2-4H3. The minimum atomic E-state index is -0.541. The zero-order valence-electron chi connectivity index (χ0n) is 9.45. The van der Waals surface area contributed by atoms with Gasteiger partial charge in [-0.25, -0.2) is 9.69 Å². The van der Waals surface area contributed by atoms with E-state index in [4.69, 9.17) is 4.74 Å². The Balaban J connectivity index is 2.82. The SMILES string of the molecule is C=CCC(C)C(=O)N1C(=O)OCC1(C)C. The van der Waals surface area contributed by atoms with Crippen molar-refractivity contribution in [3.63, 3.8) is 0 Å². The van der Waals surface area contributed by atoms with Gasteiger partial charge in [-0.15, -0.1) is 6.58 Å². The van der Waals surface area contributed by atoms with E-state index in [1.807, 2.05) is 13.8 Å². The van der Waals surface area contributed by atoms with Gasteiger partial charge in [0.1, 0.15) is 6.61 Å². The number of amides is 2. The van der Waals surface area contributed by atoms with Crippen LogP contribution in [0.4, 0.5) is 4.79 Å². The van der Waals surface area contributed by atoms with Crippen molar-refractivity contribution in [1.29, 1.82) is 0 Å². The van der Waals surface area contributed by atoms with Gasteiger partial charge in [0.15, 0.2) is 0 Å². The molecule has 0 aromatic carbocycles. The fourth-order valence-electron chi connectivity index (χ4n) is 1.57. The minimum absolute atomic E-state index is 0.192. The monoisotopic (exact) mass is 211 g/mol. The molecule has 1 atom stereocenters. The Morgan fingerprint density at radius 1 is 1.73 bits per heavy atom. The molecular formula is C11H17NO3. The lowest BCUT2D eigenvalue weighted by Gasteiger charge is -2.27. The normalized spacial score (nSPS) is 21.0. The van der Waals surface area contributed by atoms with Crippen molar-refractivity contribution < 1.29 is 14.3 Å². The molecule has 2 amide bonds. The molecule has 0 radical (unpaired) electrons. The lowest BCUT2D eigenvalue weighted by Crippen LogP contribution is -2.48. The van der Waals surface area contributed by atoms with Gasteiger partial charge in [-0.1, -0.05) is 13.0 Å². The molecule has 0 bridgehead atoms. The molecule has 84 valence electrons. The van der Waals surface area contributed by atoms with Crippen molar-refractivity contribution in [2.75, 3.05) is 6.61 Å². The van der Waals surface area contributed by atoms with Gasteiger partial charge in [0.25, 0.3) is 0 Å². The first kappa shape index (κ1) is 11.8. The van der Waals surface area contributed by atoms with Gasteiger partial charge in [0.05, 0.1) is 5.54 Å². The van der Waals surface area contributed by atoms with Crippen LogP contribution in [0, 0.1) is 5.92 Å². The summed E-state index contributed by atoms with van der Waals surface area (Å²) in [6.07, 6.45) is 1.70. The predicted octanol–water partition coefficient (Wildman–Crippen LogP) is 1.96. The van der Waals surface area contributed by atoms with Gasteiger partial charge in [0.2, 0.25) is 5.91 Å². The number of cyclic esters (lactones) is 1. The molecule has 1 rings (SSSR count). The number of imide groups is 1. The fraction of sp³-hybridized carbons (Fsp3) is 0.636. The molecule has 4 nitrogen and oxygen atoms in total. The third-order valence-electron chi connectivity index (χ3n) is 2.50. The highest BCUT2D eigenvalue weighted by Gasteiger charge is 2.45. The molecule has 1 aliphatic heterocycles. The topological polar surface area (TPSA) is 46.6 Å². The van der Waals surface area contributed by atoms with E-state index >= 15 is 0 Å². The smallest absolute Gasteiger partial charge is 0.417 e. The molecule has 1 unspecified atom stereocenters. The Bertz CT molecular complexity index is 296. The first-order valence-corrected chi connectivity index (χ1v) is 5.02. The van der Waals surface area contributed by atoms with E-state index < -0.39 is 11.6 Å². The predicted molar refractivity (Wildman–Crippen MR) is 56.3 cm³/mol. The van der Waals surface area contributed by atoms with E-state index in [0.29, 0.717) is 6.42 Å². The quantitative estimate of drug-likeness (QED) is 0.670. The van der Waals surface area contributed by atoms with Crippen LogP contribution in [-0.2, 0) is 9.53 Å². The first-order valence-electron chi connectivity index (χ1n) is 5.02. The van der Waals surface area contributed by atoms with Crippen LogP contribution in [0.5, 0.6) is 0 Å². The zero-order chi connectivity index (χ0) is 11.6. The number of hydrogen-bond donors (Lipinski definition) is 0. The largest absolute Gasteiger partial charge is 0.447 e. The Labute approximate surface area is 89.9 Å². The van der Waals surface area contributed by atoms with Crippen molar-refractivity contribution in [2.24, 2.45) is 5.92 Å². The number of carbonyl (C=O) groups excluding carboxylic acids is 2. The third kappa shape index (κ3) is 2.19. The van der Waals surface area contributed by atoms with Crippen molar-refractivity contribution in [3.05, 3.63) is 12.7 Å². The molecule has 1 fully saturated rings. The first-order chi connectivity index (χ1) is 6.90. The van der Waals surface area contributed by atoms with Crippen LogP contribution in [0.1, 0.15) is 27.2 Å². The molecule has 0 aromatic heterocycles. The van der Waals surface area contributed by atoms with Crippen molar-refractivity contribution >= 4 is 12.0 Å². The molecule has 4 heteroatoms. The lowest BCUT2D eigenvalue weighted by molar-refractivity contribution is -0.134. The van der Waals surface area contributed by atoms with Gasteiger partial charge in [0, 0.05) is 5.92 Å². The second-order valence-electron chi connectivity index (χ2n) is 4.47. The summed E-state index contributed by atoms with van der Waals surface area (Å²) in [6.45, 7) is 9.26. The summed E-state index contributed by atoms with van der Waals surface area (Å²) in [5.74, 6) is -0.421. The Kier molecular flexibility index (Phi) is 3.17.